The summed E-state index contributed by atoms with van der Waals surface area (Å²) < 4.78 is 31.8. The van der Waals surface area contributed by atoms with Gasteiger partial charge in [0.1, 0.15) is 5.82 Å². The summed E-state index contributed by atoms with van der Waals surface area (Å²) in [6, 6.07) is 4.05. The molecule has 0 fully saturated rings. The number of hydroxylamine groups is 2. The molecule has 0 aliphatic heterocycles. The van der Waals surface area contributed by atoms with E-state index in [4.69, 9.17) is 9.99 Å². The Bertz CT molecular complexity index is 488. The van der Waals surface area contributed by atoms with Crippen molar-refractivity contribution in [1.82, 2.24) is 5.23 Å². The summed E-state index contributed by atoms with van der Waals surface area (Å²) in [6.07, 6.45) is 1.47. The van der Waals surface area contributed by atoms with Crippen LogP contribution in [0.1, 0.15) is 11.1 Å². The van der Waals surface area contributed by atoms with E-state index in [9.17, 15) is 13.8 Å². The van der Waals surface area contributed by atoms with Crippen LogP contribution in [0.15, 0.2) is 18.2 Å². The van der Waals surface area contributed by atoms with Gasteiger partial charge in [0.2, 0.25) is 0 Å². The second-order valence-electron chi connectivity index (χ2n) is 3.94. The molecule has 0 saturated heterocycles. The van der Waals surface area contributed by atoms with E-state index in [0.29, 0.717) is 11.1 Å². The average Bonchev–Trinajstić information content (AvgIpc) is 2.10. The SMILES string of the molecule is CS(=N)(=O)Cc1cc(F)cc(CCN([O-])O)c1. The highest BCUT2D eigenvalue weighted by Crippen LogP contribution is 2.13. The normalized spacial score (nSPS) is 14.9. The Kier molecular flexibility index (Phi) is 4.58. The molecule has 0 amide bonds. The molecule has 7 heteroatoms. The number of nitrogens with one attached hydrogen (secondary N) is 1. The highest BCUT2D eigenvalue weighted by molar-refractivity contribution is 7.90. The first-order valence-corrected chi connectivity index (χ1v) is 7.03. The van der Waals surface area contributed by atoms with Crippen LogP contribution in [-0.2, 0) is 21.9 Å². The van der Waals surface area contributed by atoms with Crippen molar-refractivity contribution >= 4 is 9.73 Å². The number of rotatable bonds is 5. The first-order chi connectivity index (χ1) is 7.76. The van der Waals surface area contributed by atoms with Crippen LogP contribution in [0.25, 0.3) is 0 Å². The molecule has 1 aromatic rings. The van der Waals surface area contributed by atoms with Crippen molar-refractivity contribution in [3.63, 3.8) is 0 Å². The summed E-state index contributed by atoms with van der Waals surface area (Å²) in [6.45, 7) is -0.161. The van der Waals surface area contributed by atoms with Crippen molar-refractivity contribution in [3.05, 3.63) is 40.4 Å². The fraction of sp³-hybridized carbons (Fsp3) is 0.400. The van der Waals surface area contributed by atoms with Crippen LogP contribution in [-0.4, -0.2) is 27.4 Å². The molecular weight excluding hydrogens is 247 g/mol. The van der Waals surface area contributed by atoms with Gasteiger partial charge < -0.3 is 10.4 Å². The van der Waals surface area contributed by atoms with E-state index in [1.54, 1.807) is 6.07 Å². The minimum absolute atomic E-state index is 0.0298. The maximum atomic E-state index is 13.2. The molecule has 17 heavy (non-hydrogen) atoms. The standard InChI is InChI=1S/C10H14FN2O3S/c1-17(12,16)7-9-4-8(2-3-13(14)15)5-10(11)6-9/h4-6,12,14H,2-3,7H2,1H3/q-1. The summed E-state index contributed by atoms with van der Waals surface area (Å²) in [5, 5.41) is 18.5. The third-order valence-corrected chi connectivity index (χ3v) is 2.94. The van der Waals surface area contributed by atoms with E-state index in [2.05, 4.69) is 0 Å². The zero-order valence-electron chi connectivity index (χ0n) is 9.35. The quantitative estimate of drug-likeness (QED) is 0.790. The zero-order valence-corrected chi connectivity index (χ0v) is 10.2. The van der Waals surface area contributed by atoms with Crippen molar-refractivity contribution in [2.75, 3.05) is 12.8 Å². The lowest BCUT2D eigenvalue weighted by Gasteiger charge is -2.19. The van der Waals surface area contributed by atoms with Crippen LogP contribution in [0.2, 0.25) is 0 Å². The molecule has 0 bridgehead atoms. The molecule has 0 aromatic heterocycles. The summed E-state index contributed by atoms with van der Waals surface area (Å²) in [5.41, 5.74) is 0.983. The van der Waals surface area contributed by atoms with E-state index >= 15 is 0 Å². The second-order valence-corrected chi connectivity index (χ2v) is 6.24. The summed E-state index contributed by atoms with van der Waals surface area (Å²) in [7, 11) is -2.73. The molecular formula is C10H14FN2O3S-. The van der Waals surface area contributed by atoms with Crippen molar-refractivity contribution in [1.29, 1.82) is 4.78 Å². The van der Waals surface area contributed by atoms with Gasteiger partial charge in [-0.15, -0.1) is 0 Å². The van der Waals surface area contributed by atoms with Gasteiger partial charge in [0.25, 0.3) is 0 Å². The van der Waals surface area contributed by atoms with Crippen LogP contribution in [0, 0.1) is 15.8 Å². The van der Waals surface area contributed by atoms with Gasteiger partial charge in [0.15, 0.2) is 0 Å². The summed E-state index contributed by atoms with van der Waals surface area (Å²) in [4.78, 5) is 0. The molecule has 0 saturated carbocycles. The zero-order chi connectivity index (χ0) is 13.1. The van der Waals surface area contributed by atoms with Crippen LogP contribution in [0.3, 0.4) is 0 Å². The topological polar surface area (TPSA) is 87.5 Å². The molecule has 0 radical (unpaired) electrons. The van der Waals surface area contributed by atoms with Crippen molar-refractivity contribution in [2.45, 2.75) is 12.2 Å². The highest BCUT2D eigenvalue weighted by atomic mass is 32.2. The van der Waals surface area contributed by atoms with Crippen molar-refractivity contribution in [3.8, 4) is 0 Å². The van der Waals surface area contributed by atoms with Crippen LogP contribution in [0.4, 0.5) is 4.39 Å². The molecule has 0 aliphatic rings. The minimum atomic E-state index is -2.73. The van der Waals surface area contributed by atoms with E-state index < -0.39 is 15.5 Å². The van der Waals surface area contributed by atoms with Gasteiger partial charge in [-0.3, -0.25) is 10.0 Å². The molecule has 0 heterocycles. The maximum Gasteiger partial charge on any atom is 0.123 e. The summed E-state index contributed by atoms with van der Waals surface area (Å²) in [5.74, 6) is -0.533. The Labute approximate surface area is 99.4 Å². The number of hydrogen-bond acceptors (Lipinski definition) is 5. The molecule has 1 rings (SSSR count). The van der Waals surface area contributed by atoms with Gasteiger partial charge in [-0.05, 0) is 29.7 Å². The molecule has 1 unspecified atom stereocenters. The van der Waals surface area contributed by atoms with Gasteiger partial charge in [-0.1, -0.05) is 6.07 Å². The lowest BCUT2D eigenvalue weighted by Crippen LogP contribution is -2.14. The molecule has 1 aromatic carbocycles. The van der Waals surface area contributed by atoms with E-state index in [1.165, 1.54) is 18.4 Å². The maximum absolute atomic E-state index is 13.2. The third-order valence-electron chi connectivity index (χ3n) is 2.05. The number of halogens is 1. The largest absolute Gasteiger partial charge is 0.762 e. The van der Waals surface area contributed by atoms with Crippen LogP contribution >= 0.6 is 0 Å². The average molecular weight is 261 g/mol. The number of hydrogen-bond donors (Lipinski definition) is 2. The monoisotopic (exact) mass is 261 g/mol. The molecule has 0 spiro atoms. The lowest BCUT2D eigenvalue weighted by atomic mass is 10.1. The van der Waals surface area contributed by atoms with Gasteiger partial charge in [-0.2, -0.15) is 0 Å². The molecule has 96 valence electrons. The van der Waals surface area contributed by atoms with Gasteiger partial charge >= 0.3 is 0 Å². The van der Waals surface area contributed by atoms with Crippen molar-refractivity contribution in [2.24, 2.45) is 0 Å². The molecule has 5 nitrogen and oxygen atoms in total. The first-order valence-electron chi connectivity index (χ1n) is 4.89. The van der Waals surface area contributed by atoms with Crippen molar-refractivity contribution < 1.29 is 13.8 Å². The van der Waals surface area contributed by atoms with E-state index in [-0.39, 0.29) is 23.9 Å². The Morgan fingerprint density at radius 2 is 2.06 bits per heavy atom. The lowest BCUT2D eigenvalue weighted by molar-refractivity contribution is -0.0391. The predicted octanol–water partition coefficient (Wildman–Crippen LogP) is 1.73. The van der Waals surface area contributed by atoms with E-state index in [1.807, 2.05) is 0 Å². The fourth-order valence-electron chi connectivity index (χ4n) is 1.49. The fourth-order valence-corrected chi connectivity index (χ4v) is 2.29. The molecule has 0 aliphatic carbocycles. The Balaban J connectivity index is 2.86. The van der Waals surface area contributed by atoms with E-state index in [0.717, 1.165) is 0 Å². The third kappa shape index (κ3) is 5.73. The van der Waals surface area contributed by atoms with Gasteiger partial charge in [0.05, 0.1) is 5.75 Å². The van der Waals surface area contributed by atoms with Gasteiger partial charge in [-0.25, -0.2) is 8.60 Å². The van der Waals surface area contributed by atoms with Crippen LogP contribution in [0.5, 0.6) is 0 Å². The predicted molar refractivity (Wildman–Crippen MR) is 62.5 cm³/mol. The number of benzene rings is 1. The van der Waals surface area contributed by atoms with Gasteiger partial charge in [0, 0.05) is 22.5 Å². The smallest absolute Gasteiger partial charge is 0.123 e. The Morgan fingerprint density at radius 1 is 1.47 bits per heavy atom. The number of nitrogens with zero attached hydrogens (tertiary/aromatic N) is 1. The first kappa shape index (κ1) is 14.0. The molecule has 2 N–H and O–H groups in total. The minimum Gasteiger partial charge on any atom is -0.762 e. The van der Waals surface area contributed by atoms with Crippen LogP contribution < -0.4 is 0 Å². The highest BCUT2D eigenvalue weighted by Gasteiger charge is 2.05. The second kappa shape index (κ2) is 5.54. The molecule has 1 atom stereocenters. The Morgan fingerprint density at radius 3 is 2.59 bits per heavy atom. The summed E-state index contributed by atoms with van der Waals surface area (Å²) >= 11 is 0. The Hall–Kier alpha value is -1.02.